The zero-order valence-corrected chi connectivity index (χ0v) is 5.82. The van der Waals surface area contributed by atoms with E-state index in [9.17, 15) is 4.79 Å². The van der Waals surface area contributed by atoms with Gasteiger partial charge in [0.15, 0.2) is 0 Å². The molecule has 1 aliphatic heterocycles. The largest absolute Gasteiger partial charge is 0.466 e. The van der Waals surface area contributed by atoms with Crippen molar-refractivity contribution in [2.45, 2.75) is 12.8 Å². The Morgan fingerprint density at radius 2 is 2.00 bits per heavy atom. The molecule has 1 heterocycles. The number of hydrogen-bond donors (Lipinski definition) is 0. The van der Waals surface area contributed by atoms with Crippen molar-refractivity contribution < 1.29 is 23.9 Å². The molecule has 0 N–H and O–H groups in total. The summed E-state index contributed by atoms with van der Waals surface area (Å²) in [5.74, 6) is -0.0463. The van der Waals surface area contributed by atoms with E-state index in [0.717, 1.165) is 6.42 Å². The van der Waals surface area contributed by atoms with Crippen LogP contribution in [-0.2, 0) is 23.9 Å². The van der Waals surface area contributed by atoms with Crippen molar-refractivity contribution in [1.29, 1.82) is 0 Å². The fourth-order valence-corrected chi connectivity index (χ4v) is 0.497. The van der Waals surface area contributed by atoms with Gasteiger partial charge in [-0.1, -0.05) is 0 Å². The number of ether oxygens (including phenoxy) is 2. The minimum absolute atomic E-state index is 0.0463. The second-order valence-corrected chi connectivity index (χ2v) is 1.65. The van der Waals surface area contributed by atoms with Crippen LogP contribution < -0.4 is 0 Å². The first kappa shape index (κ1) is 9.61. The standard InChI is InChI=1S/C4H6O2.C2H2O3/c5-4-2-1-3-6-4;3-1-5-2-4/h1-3H2;1-2H. The van der Waals surface area contributed by atoms with Crippen molar-refractivity contribution in [2.75, 3.05) is 6.61 Å². The van der Waals surface area contributed by atoms with Gasteiger partial charge in [-0.3, -0.25) is 14.4 Å². The normalized spacial score (nSPS) is 14.0. The summed E-state index contributed by atoms with van der Waals surface area (Å²) >= 11 is 0. The van der Waals surface area contributed by atoms with Gasteiger partial charge in [0.05, 0.1) is 6.61 Å². The molecule has 5 heteroatoms. The van der Waals surface area contributed by atoms with E-state index >= 15 is 0 Å². The lowest BCUT2D eigenvalue weighted by atomic mass is 10.4. The first-order chi connectivity index (χ1) is 5.31. The van der Waals surface area contributed by atoms with E-state index < -0.39 is 0 Å². The molecule has 11 heavy (non-hydrogen) atoms. The number of carbonyl (C=O) groups excluding carboxylic acids is 3. The van der Waals surface area contributed by atoms with E-state index in [1.165, 1.54) is 0 Å². The Hall–Kier alpha value is -1.39. The van der Waals surface area contributed by atoms with Crippen LogP contribution in [0.25, 0.3) is 0 Å². The first-order valence-corrected chi connectivity index (χ1v) is 2.99. The molecule has 0 spiro atoms. The minimum atomic E-state index is -0.0463. The molecule has 0 unspecified atom stereocenters. The summed E-state index contributed by atoms with van der Waals surface area (Å²) in [6, 6.07) is 0. The summed E-state index contributed by atoms with van der Waals surface area (Å²) in [7, 11) is 0. The molecule has 0 aromatic carbocycles. The van der Waals surface area contributed by atoms with Gasteiger partial charge in [0.1, 0.15) is 0 Å². The second kappa shape index (κ2) is 6.73. The highest BCUT2D eigenvalue weighted by molar-refractivity contribution is 5.70. The van der Waals surface area contributed by atoms with Crippen LogP contribution in [0.5, 0.6) is 0 Å². The fourth-order valence-electron chi connectivity index (χ4n) is 0.497. The third-order valence-corrected chi connectivity index (χ3v) is 0.899. The maximum atomic E-state index is 10.0. The third-order valence-electron chi connectivity index (χ3n) is 0.899. The van der Waals surface area contributed by atoms with E-state index in [1.54, 1.807) is 0 Å². The van der Waals surface area contributed by atoms with E-state index in [4.69, 9.17) is 9.59 Å². The summed E-state index contributed by atoms with van der Waals surface area (Å²) in [5, 5.41) is 0. The van der Waals surface area contributed by atoms with Crippen molar-refractivity contribution in [3.63, 3.8) is 0 Å². The third kappa shape index (κ3) is 6.50. The van der Waals surface area contributed by atoms with E-state index in [-0.39, 0.29) is 18.9 Å². The highest BCUT2D eigenvalue weighted by atomic mass is 16.6. The summed E-state index contributed by atoms with van der Waals surface area (Å²) < 4.78 is 7.99. The molecule has 0 aromatic rings. The van der Waals surface area contributed by atoms with Crippen molar-refractivity contribution in [3.8, 4) is 0 Å². The number of hydrogen-bond acceptors (Lipinski definition) is 5. The van der Waals surface area contributed by atoms with Crippen LogP contribution in [0.1, 0.15) is 12.8 Å². The van der Waals surface area contributed by atoms with Crippen LogP contribution in [0.2, 0.25) is 0 Å². The zero-order chi connectivity index (χ0) is 8.53. The monoisotopic (exact) mass is 160 g/mol. The van der Waals surface area contributed by atoms with Gasteiger partial charge in [-0.15, -0.1) is 0 Å². The van der Waals surface area contributed by atoms with Gasteiger partial charge in [-0.25, -0.2) is 0 Å². The molecule has 5 nitrogen and oxygen atoms in total. The maximum absolute atomic E-state index is 10.0. The molecule has 0 atom stereocenters. The van der Waals surface area contributed by atoms with Gasteiger partial charge in [-0.05, 0) is 6.42 Å². The highest BCUT2D eigenvalue weighted by Gasteiger charge is 2.08. The smallest absolute Gasteiger partial charge is 0.305 e. The molecule has 1 aliphatic rings. The molecule has 0 bridgehead atoms. The molecular formula is C6H8O5. The summed E-state index contributed by atoms with van der Waals surface area (Å²) in [6.07, 6.45) is 1.54. The maximum Gasteiger partial charge on any atom is 0.305 e. The Labute approximate surface area is 63.3 Å². The Kier molecular flexibility index (Phi) is 5.88. The van der Waals surface area contributed by atoms with Gasteiger partial charge in [0.25, 0.3) is 0 Å². The number of esters is 1. The van der Waals surface area contributed by atoms with Crippen molar-refractivity contribution in [3.05, 3.63) is 0 Å². The minimum Gasteiger partial charge on any atom is -0.466 e. The average molecular weight is 160 g/mol. The van der Waals surface area contributed by atoms with E-state index in [1.807, 2.05) is 0 Å². The predicted molar refractivity (Wildman–Crippen MR) is 33.4 cm³/mol. The Balaban J connectivity index is 0.000000187. The summed E-state index contributed by atoms with van der Waals surface area (Å²) in [5.41, 5.74) is 0. The molecule has 1 fully saturated rings. The number of rotatable bonds is 2. The van der Waals surface area contributed by atoms with Crippen molar-refractivity contribution in [1.82, 2.24) is 0 Å². The zero-order valence-electron chi connectivity index (χ0n) is 5.82. The molecule has 1 rings (SSSR count). The Morgan fingerprint density at radius 3 is 2.09 bits per heavy atom. The van der Waals surface area contributed by atoms with Crippen LogP contribution >= 0.6 is 0 Å². The van der Waals surface area contributed by atoms with Gasteiger partial charge in [-0.2, -0.15) is 0 Å². The molecule has 0 saturated carbocycles. The van der Waals surface area contributed by atoms with Gasteiger partial charge in [0, 0.05) is 6.42 Å². The molecule has 0 aromatic heterocycles. The average Bonchev–Trinajstić information content (AvgIpc) is 2.43. The van der Waals surface area contributed by atoms with Gasteiger partial charge in [0.2, 0.25) is 0 Å². The number of cyclic esters (lactones) is 1. The summed E-state index contributed by atoms with van der Waals surface area (Å²) in [6.45, 7) is 0.763. The Bertz CT molecular complexity index is 128. The van der Waals surface area contributed by atoms with Crippen LogP contribution in [0.15, 0.2) is 0 Å². The highest BCUT2D eigenvalue weighted by Crippen LogP contribution is 2.01. The van der Waals surface area contributed by atoms with E-state index in [2.05, 4.69) is 9.47 Å². The number of carbonyl (C=O) groups is 3. The molecule has 0 radical (unpaired) electrons. The van der Waals surface area contributed by atoms with E-state index in [0.29, 0.717) is 13.0 Å². The lowest BCUT2D eigenvalue weighted by Gasteiger charge is -1.81. The quantitative estimate of drug-likeness (QED) is 0.313. The van der Waals surface area contributed by atoms with Crippen LogP contribution in [0, 0.1) is 0 Å². The van der Waals surface area contributed by atoms with Crippen LogP contribution in [-0.4, -0.2) is 25.5 Å². The molecular weight excluding hydrogens is 152 g/mol. The lowest BCUT2D eigenvalue weighted by molar-refractivity contribution is -0.141. The molecule has 0 aliphatic carbocycles. The van der Waals surface area contributed by atoms with Crippen LogP contribution in [0.3, 0.4) is 0 Å². The molecule has 0 amide bonds. The second-order valence-electron chi connectivity index (χ2n) is 1.65. The topological polar surface area (TPSA) is 69.7 Å². The lowest BCUT2D eigenvalue weighted by Crippen LogP contribution is -1.88. The van der Waals surface area contributed by atoms with Gasteiger partial charge >= 0.3 is 18.9 Å². The fraction of sp³-hybridized carbons (Fsp3) is 0.500. The predicted octanol–water partition coefficient (Wildman–Crippen LogP) is -0.361. The molecule has 1 saturated heterocycles. The Morgan fingerprint density at radius 1 is 1.36 bits per heavy atom. The van der Waals surface area contributed by atoms with Crippen molar-refractivity contribution >= 4 is 18.9 Å². The summed E-state index contributed by atoms with van der Waals surface area (Å²) in [4.78, 5) is 27.9. The van der Waals surface area contributed by atoms with Gasteiger partial charge < -0.3 is 9.47 Å². The first-order valence-electron chi connectivity index (χ1n) is 2.99. The van der Waals surface area contributed by atoms with Crippen LogP contribution in [0.4, 0.5) is 0 Å². The molecule has 62 valence electrons. The van der Waals surface area contributed by atoms with Crippen molar-refractivity contribution in [2.24, 2.45) is 0 Å². The SMILES string of the molecule is O=C1CCCO1.O=COC=O.